The molecule has 0 aliphatic rings. The van der Waals surface area contributed by atoms with E-state index < -0.39 is 16.1 Å². The molecular weight excluding hydrogens is 474 g/mol. The number of aryl methyl sites for hydroxylation is 3. The highest BCUT2D eigenvalue weighted by atomic mass is 32.2. The summed E-state index contributed by atoms with van der Waals surface area (Å²) in [6, 6.07) is 17.7. The fraction of sp³-hybridized carbons (Fsp3) is 0.259. The maximum Gasteiger partial charge on any atom is 0.328 e. The smallest absolute Gasteiger partial charge is 0.328 e. The molecule has 0 unspecified atom stereocenters. The lowest BCUT2D eigenvalue weighted by molar-refractivity contribution is 0.246. The van der Waals surface area contributed by atoms with Gasteiger partial charge in [0.2, 0.25) is 0 Å². The molecule has 0 atom stereocenters. The van der Waals surface area contributed by atoms with E-state index in [-0.39, 0.29) is 4.90 Å². The molecule has 0 aliphatic heterocycles. The van der Waals surface area contributed by atoms with Crippen LogP contribution in [0.2, 0.25) is 0 Å². The van der Waals surface area contributed by atoms with Crippen LogP contribution in [0.15, 0.2) is 65.6 Å². The average Bonchev–Trinajstić information content (AvgIpc) is 3.26. The van der Waals surface area contributed by atoms with Crippen LogP contribution in [0.1, 0.15) is 35.0 Å². The number of sulfonamides is 1. The summed E-state index contributed by atoms with van der Waals surface area (Å²) < 4.78 is 29.0. The van der Waals surface area contributed by atoms with Gasteiger partial charge in [-0.2, -0.15) is 0 Å². The molecule has 4 N–H and O–H groups in total. The van der Waals surface area contributed by atoms with Crippen LogP contribution in [-0.4, -0.2) is 30.5 Å². The lowest BCUT2D eigenvalue weighted by Crippen LogP contribution is -2.40. The number of carbonyl (C=O) groups excluding carboxylic acids is 1. The fourth-order valence-corrected chi connectivity index (χ4v) is 5.03. The van der Waals surface area contributed by atoms with E-state index in [4.69, 9.17) is 10.7 Å². The number of carbonyl (C=O) groups is 1. The summed E-state index contributed by atoms with van der Waals surface area (Å²) in [5.74, 6) is 1.00. The number of hydrogen-bond donors (Lipinski definition) is 3. The quantitative estimate of drug-likeness (QED) is 0.336. The third kappa shape index (κ3) is 5.27. The summed E-state index contributed by atoms with van der Waals surface area (Å²) in [5.41, 5.74) is 12.9. The van der Waals surface area contributed by atoms with Gasteiger partial charge < -0.3 is 11.1 Å². The zero-order chi connectivity index (χ0) is 25.9. The van der Waals surface area contributed by atoms with E-state index in [1.807, 2.05) is 29.0 Å². The van der Waals surface area contributed by atoms with E-state index in [2.05, 4.69) is 42.8 Å². The molecule has 1 aromatic heterocycles. The number of benzene rings is 3. The van der Waals surface area contributed by atoms with Crippen LogP contribution >= 0.6 is 0 Å². The zero-order valence-corrected chi connectivity index (χ0v) is 21.5. The summed E-state index contributed by atoms with van der Waals surface area (Å²) in [7, 11) is -3.95. The molecular formula is C27H31N5O3S. The van der Waals surface area contributed by atoms with Crippen molar-refractivity contribution in [2.75, 3.05) is 6.54 Å². The van der Waals surface area contributed by atoms with Crippen molar-refractivity contribution in [3.05, 3.63) is 88.7 Å². The first-order chi connectivity index (χ1) is 17.2. The molecule has 0 radical (unpaired) electrons. The molecule has 4 rings (SSSR count). The van der Waals surface area contributed by atoms with Crippen molar-refractivity contribution in [3.8, 4) is 5.69 Å². The molecule has 2 amide bonds. The Hall–Kier alpha value is -3.69. The van der Waals surface area contributed by atoms with E-state index >= 15 is 0 Å². The summed E-state index contributed by atoms with van der Waals surface area (Å²) in [4.78, 5) is 17.1. The van der Waals surface area contributed by atoms with Crippen LogP contribution in [0.3, 0.4) is 0 Å². The van der Waals surface area contributed by atoms with Gasteiger partial charge in [0.15, 0.2) is 0 Å². The Morgan fingerprint density at radius 2 is 1.64 bits per heavy atom. The van der Waals surface area contributed by atoms with Gasteiger partial charge in [0.1, 0.15) is 5.82 Å². The number of amides is 2. The Kier molecular flexibility index (Phi) is 7.42. The van der Waals surface area contributed by atoms with Gasteiger partial charge in [-0.05, 0) is 72.9 Å². The number of urea groups is 1. The van der Waals surface area contributed by atoms with Crippen molar-refractivity contribution in [1.82, 2.24) is 19.6 Å². The van der Waals surface area contributed by atoms with Gasteiger partial charge in [0, 0.05) is 25.2 Å². The second kappa shape index (κ2) is 10.5. The standard InChI is InChI=1S/C27H31N5O3S/c1-4-25-30-26-19(3)18(2)5-14-24(26)32(25)22-10-6-20(7-11-22)15-16-29-27(33)31-36(34,35)23-12-8-21(17-28)9-13-23/h5-14H,4,15-17,28H2,1-3H3,(H2,29,31,33). The van der Waals surface area contributed by atoms with Crippen LogP contribution < -0.4 is 15.8 Å². The van der Waals surface area contributed by atoms with Gasteiger partial charge >= 0.3 is 6.03 Å². The summed E-state index contributed by atoms with van der Waals surface area (Å²) in [6.07, 6.45) is 1.37. The van der Waals surface area contributed by atoms with Gasteiger partial charge in [-0.25, -0.2) is 22.9 Å². The molecule has 0 bridgehead atoms. The molecule has 4 aromatic rings. The highest BCUT2D eigenvalue weighted by molar-refractivity contribution is 7.90. The molecule has 3 aromatic carbocycles. The van der Waals surface area contributed by atoms with Crippen molar-refractivity contribution < 1.29 is 13.2 Å². The number of nitrogens with two attached hydrogens (primary N) is 1. The molecule has 8 nitrogen and oxygen atoms in total. The number of fused-ring (bicyclic) bond motifs is 1. The largest absolute Gasteiger partial charge is 0.337 e. The molecule has 1 heterocycles. The molecule has 0 spiro atoms. The molecule has 36 heavy (non-hydrogen) atoms. The Balaban J connectivity index is 1.39. The summed E-state index contributed by atoms with van der Waals surface area (Å²) in [5, 5.41) is 2.61. The van der Waals surface area contributed by atoms with Crippen molar-refractivity contribution in [2.45, 2.75) is 45.1 Å². The number of imidazole rings is 1. The predicted molar refractivity (Wildman–Crippen MR) is 142 cm³/mol. The topological polar surface area (TPSA) is 119 Å². The predicted octanol–water partition coefficient (Wildman–Crippen LogP) is 3.89. The lowest BCUT2D eigenvalue weighted by atomic mass is 10.1. The summed E-state index contributed by atoms with van der Waals surface area (Å²) >= 11 is 0. The van der Waals surface area contributed by atoms with Gasteiger partial charge in [-0.15, -0.1) is 0 Å². The first kappa shape index (κ1) is 25.4. The first-order valence-electron chi connectivity index (χ1n) is 11.9. The molecule has 188 valence electrons. The first-order valence-corrected chi connectivity index (χ1v) is 13.4. The van der Waals surface area contributed by atoms with Crippen LogP contribution in [0.4, 0.5) is 4.79 Å². The highest BCUT2D eigenvalue weighted by Gasteiger charge is 2.17. The number of nitrogens with zero attached hydrogens (tertiary/aromatic N) is 2. The second-order valence-electron chi connectivity index (χ2n) is 8.72. The molecule has 0 fully saturated rings. The van der Waals surface area contributed by atoms with Crippen molar-refractivity contribution >= 4 is 27.1 Å². The maximum absolute atomic E-state index is 12.4. The minimum atomic E-state index is -3.95. The SMILES string of the molecule is CCc1nc2c(C)c(C)ccc2n1-c1ccc(CCNC(=O)NS(=O)(=O)c2ccc(CN)cc2)cc1. The number of nitrogens with one attached hydrogen (secondary N) is 2. The average molecular weight is 506 g/mol. The van der Waals surface area contributed by atoms with E-state index in [9.17, 15) is 13.2 Å². The maximum atomic E-state index is 12.4. The van der Waals surface area contributed by atoms with E-state index in [0.29, 0.717) is 19.5 Å². The molecule has 0 saturated carbocycles. The third-order valence-corrected chi connectivity index (χ3v) is 7.67. The summed E-state index contributed by atoms with van der Waals surface area (Å²) in [6.45, 7) is 6.90. The molecule has 0 aliphatic carbocycles. The molecule has 9 heteroatoms. The van der Waals surface area contributed by atoms with E-state index in [0.717, 1.165) is 40.1 Å². The van der Waals surface area contributed by atoms with Crippen LogP contribution in [0.25, 0.3) is 16.7 Å². The minimum absolute atomic E-state index is 0.00858. The van der Waals surface area contributed by atoms with E-state index in [1.54, 1.807) is 12.1 Å². The minimum Gasteiger partial charge on any atom is -0.337 e. The normalized spacial score (nSPS) is 11.6. The highest BCUT2D eigenvalue weighted by Crippen LogP contribution is 2.26. The molecule has 0 saturated heterocycles. The monoisotopic (exact) mass is 505 g/mol. The van der Waals surface area contributed by atoms with Crippen molar-refractivity contribution in [3.63, 3.8) is 0 Å². The Bertz CT molecular complexity index is 1490. The van der Waals surface area contributed by atoms with Gasteiger partial charge in [0.05, 0.1) is 15.9 Å². The van der Waals surface area contributed by atoms with E-state index in [1.165, 1.54) is 23.3 Å². The fourth-order valence-electron chi connectivity index (χ4n) is 4.11. The third-order valence-electron chi connectivity index (χ3n) is 6.33. The van der Waals surface area contributed by atoms with Crippen LogP contribution in [-0.2, 0) is 29.4 Å². The van der Waals surface area contributed by atoms with Gasteiger partial charge in [-0.1, -0.05) is 37.3 Å². The zero-order valence-electron chi connectivity index (χ0n) is 20.7. The number of hydrogen-bond acceptors (Lipinski definition) is 5. The second-order valence-corrected chi connectivity index (χ2v) is 10.4. The van der Waals surface area contributed by atoms with Crippen molar-refractivity contribution in [1.29, 1.82) is 0 Å². The lowest BCUT2D eigenvalue weighted by Gasteiger charge is -2.11. The van der Waals surface area contributed by atoms with Gasteiger partial charge in [0.25, 0.3) is 10.0 Å². The Labute approximate surface area is 211 Å². The van der Waals surface area contributed by atoms with Gasteiger partial charge in [-0.3, -0.25) is 4.57 Å². The number of aromatic nitrogens is 2. The Morgan fingerprint density at radius 3 is 2.28 bits per heavy atom. The van der Waals surface area contributed by atoms with Crippen LogP contribution in [0, 0.1) is 13.8 Å². The Morgan fingerprint density at radius 1 is 0.972 bits per heavy atom. The number of rotatable bonds is 8. The van der Waals surface area contributed by atoms with Crippen LogP contribution in [0.5, 0.6) is 0 Å². The van der Waals surface area contributed by atoms with Crippen molar-refractivity contribution in [2.24, 2.45) is 5.73 Å².